The second-order valence-corrected chi connectivity index (χ2v) is 5.99. The first kappa shape index (κ1) is 19.2. The molecule has 0 radical (unpaired) electrons. The topological polar surface area (TPSA) is 67.4 Å². The summed E-state index contributed by atoms with van der Waals surface area (Å²) in [5.74, 6) is 0.0726. The van der Waals surface area contributed by atoms with Crippen LogP contribution in [0.5, 0.6) is 5.75 Å². The van der Waals surface area contributed by atoms with Gasteiger partial charge in [-0.1, -0.05) is 30.3 Å². The largest absolute Gasteiger partial charge is 0.481 e. The molecule has 0 aliphatic heterocycles. The van der Waals surface area contributed by atoms with Gasteiger partial charge in [0.05, 0.1) is 11.3 Å². The molecule has 0 aromatic heterocycles. The Hall–Kier alpha value is -3.08. The number of rotatable bonds is 7. The zero-order valence-corrected chi connectivity index (χ0v) is 15.3. The molecule has 2 rings (SSSR count). The quantitative estimate of drug-likeness (QED) is 0.748. The first-order chi connectivity index (χ1) is 12.4. The fourth-order valence-corrected chi connectivity index (χ4v) is 2.38. The van der Waals surface area contributed by atoms with Crippen molar-refractivity contribution in [1.29, 1.82) is 0 Å². The number of carbonyl (C=O) groups excluding carboxylic acids is 2. The molecule has 2 aromatic carbocycles. The van der Waals surface area contributed by atoms with E-state index in [1.165, 1.54) is 0 Å². The summed E-state index contributed by atoms with van der Waals surface area (Å²) >= 11 is 0. The molecule has 2 N–H and O–H groups in total. The monoisotopic (exact) mass is 352 g/mol. The fraction of sp³-hybridized carbons (Fsp3) is 0.238. The molecule has 136 valence electrons. The van der Waals surface area contributed by atoms with Crippen LogP contribution in [-0.4, -0.2) is 24.5 Å². The molecular formula is C21H24N2O3. The molecule has 0 fully saturated rings. The van der Waals surface area contributed by atoms with Crippen LogP contribution in [0.25, 0.3) is 0 Å². The zero-order valence-electron chi connectivity index (χ0n) is 15.3. The number of ether oxygens (including phenoxy) is 1. The van der Waals surface area contributed by atoms with Gasteiger partial charge < -0.3 is 15.4 Å². The minimum atomic E-state index is -0.709. The molecule has 26 heavy (non-hydrogen) atoms. The first-order valence-corrected chi connectivity index (χ1v) is 8.46. The van der Waals surface area contributed by atoms with Crippen molar-refractivity contribution >= 4 is 17.5 Å². The molecule has 5 nitrogen and oxygen atoms in total. The van der Waals surface area contributed by atoms with Gasteiger partial charge in [-0.05, 0) is 50.1 Å². The van der Waals surface area contributed by atoms with E-state index in [4.69, 9.17) is 4.74 Å². The number of anilines is 1. The number of nitrogens with one attached hydrogen (secondary N) is 2. The molecular weight excluding hydrogens is 328 g/mol. The van der Waals surface area contributed by atoms with Crippen LogP contribution in [0.2, 0.25) is 0 Å². The SMILES string of the molecule is C=CCNC(=O)c1ccccc1NC(=O)[C@H](C)Oc1cccc(C)c1C. The van der Waals surface area contributed by atoms with Crippen molar-refractivity contribution in [3.63, 3.8) is 0 Å². The van der Waals surface area contributed by atoms with Crippen LogP contribution in [0.4, 0.5) is 5.69 Å². The van der Waals surface area contributed by atoms with Gasteiger partial charge >= 0.3 is 0 Å². The van der Waals surface area contributed by atoms with Gasteiger partial charge in [0.25, 0.3) is 11.8 Å². The van der Waals surface area contributed by atoms with Gasteiger partial charge in [-0.15, -0.1) is 6.58 Å². The van der Waals surface area contributed by atoms with Crippen molar-refractivity contribution < 1.29 is 14.3 Å². The zero-order chi connectivity index (χ0) is 19.1. The standard InChI is InChI=1S/C21H24N2O3/c1-5-13-22-21(25)17-10-6-7-11-18(17)23-20(24)16(4)26-19-12-8-9-14(2)15(19)3/h5-12,16H,1,13H2,2-4H3,(H,22,25)(H,23,24)/t16-/m0/s1. The van der Waals surface area contributed by atoms with Gasteiger partial charge in [-0.3, -0.25) is 9.59 Å². The molecule has 0 unspecified atom stereocenters. The molecule has 0 bridgehead atoms. The Balaban J connectivity index is 2.10. The Labute approximate surface area is 154 Å². The van der Waals surface area contributed by atoms with Gasteiger partial charge in [0.1, 0.15) is 5.75 Å². The molecule has 0 saturated carbocycles. The normalized spacial score (nSPS) is 11.3. The number of carbonyl (C=O) groups is 2. The van der Waals surface area contributed by atoms with Crippen LogP contribution in [0, 0.1) is 13.8 Å². The van der Waals surface area contributed by atoms with E-state index in [-0.39, 0.29) is 11.8 Å². The van der Waals surface area contributed by atoms with Crippen LogP contribution >= 0.6 is 0 Å². The van der Waals surface area contributed by atoms with E-state index < -0.39 is 6.10 Å². The maximum Gasteiger partial charge on any atom is 0.265 e. The molecule has 0 aliphatic rings. The second kappa shape index (κ2) is 8.85. The van der Waals surface area contributed by atoms with Crippen LogP contribution in [0.1, 0.15) is 28.4 Å². The summed E-state index contributed by atoms with van der Waals surface area (Å²) in [5, 5.41) is 5.48. The highest BCUT2D eigenvalue weighted by molar-refractivity contribution is 6.04. The van der Waals surface area contributed by atoms with Gasteiger partial charge in [-0.2, -0.15) is 0 Å². The molecule has 5 heteroatoms. The number of benzene rings is 2. The maximum absolute atomic E-state index is 12.5. The lowest BCUT2D eigenvalue weighted by atomic mass is 10.1. The number of hydrogen-bond acceptors (Lipinski definition) is 3. The van der Waals surface area contributed by atoms with Crippen molar-refractivity contribution in [1.82, 2.24) is 5.32 Å². The average molecular weight is 352 g/mol. The molecule has 1 atom stereocenters. The van der Waals surface area contributed by atoms with E-state index in [2.05, 4.69) is 17.2 Å². The van der Waals surface area contributed by atoms with Gasteiger partial charge in [0.2, 0.25) is 0 Å². The summed E-state index contributed by atoms with van der Waals surface area (Å²) < 4.78 is 5.80. The van der Waals surface area contributed by atoms with Crippen molar-refractivity contribution in [3.05, 3.63) is 71.8 Å². The van der Waals surface area contributed by atoms with Gasteiger partial charge in [0.15, 0.2) is 6.10 Å². The predicted octanol–water partition coefficient (Wildman–Crippen LogP) is 3.63. The molecule has 2 amide bonds. The third kappa shape index (κ3) is 4.72. The molecule has 0 saturated heterocycles. The summed E-state index contributed by atoms with van der Waals surface area (Å²) in [4.78, 5) is 24.7. The number of amides is 2. The summed E-state index contributed by atoms with van der Waals surface area (Å²) in [6, 6.07) is 12.6. The Kier molecular flexibility index (Phi) is 6.55. The highest BCUT2D eigenvalue weighted by atomic mass is 16.5. The lowest BCUT2D eigenvalue weighted by Crippen LogP contribution is -2.32. The summed E-state index contributed by atoms with van der Waals surface area (Å²) in [6.45, 7) is 9.55. The molecule has 0 heterocycles. The average Bonchev–Trinajstić information content (AvgIpc) is 2.63. The smallest absolute Gasteiger partial charge is 0.265 e. The van der Waals surface area contributed by atoms with Gasteiger partial charge in [0, 0.05) is 6.54 Å². The maximum atomic E-state index is 12.5. The highest BCUT2D eigenvalue weighted by Crippen LogP contribution is 2.22. The minimum Gasteiger partial charge on any atom is -0.481 e. The van der Waals surface area contributed by atoms with Crippen molar-refractivity contribution in [2.45, 2.75) is 26.9 Å². The Morgan fingerprint density at radius 3 is 2.62 bits per heavy atom. The minimum absolute atomic E-state index is 0.274. The lowest BCUT2D eigenvalue weighted by molar-refractivity contribution is -0.122. The van der Waals surface area contributed by atoms with Crippen LogP contribution in [0.15, 0.2) is 55.1 Å². The summed E-state index contributed by atoms with van der Waals surface area (Å²) in [5.41, 5.74) is 2.92. The predicted molar refractivity (Wildman–Crippen MR) is 104 cm³/mol. The van der Waals surface area contributed by atoms with E-state index >= 15 is 0 Å². The van der Waals surface area contributed by atoms with E-state index in [1.54, 1.807) is 37.3 Å². The molecule has 0 spiro atoms. The molecule has 0 aliphatic carbocycles. The Morgan fingerprint density at radius 2 is 1.88 bits per heavy atom. The summed E-state index contributed by atoms with van der Waals surface area (Å²) in [7, 11) is 0. The highest BCUT2D eigenvalue weighted by Gasteiger charge is 2.19. The van der Waals surface area contributed by atoms with Crippen molar-refractivity contribution in [2.75, 3.05) is 11.9 Å². The molecule has 2 aromatic rings. The number of aryl methyl sites for hydroxylation is 1. The summed E-state index contributed by atoms with van der Waals surface area (Å²) in [6.07, 6.45) is 0.888. The van der Waals surface area contributed by atoms with E-state index in [1.807, 2.05) is 32.0 Å². The third-order valence-electron chi connectivity index (χ3n) is 4.06. The van der Waals surface area contributed by atoms with E-state index in [9.17, 15) is 9.59 Å². The van der Waals surface area contributed by atoms with Crippen molar-refractivity contribution in [3.8, 4) is 5.75 Å². The van der Waals surface area contributed by atoms with Crippen molar-refractivity contribution in [2.24, 2.45) is 0 Å². The lowest BCUT2D eigenvalue weighted by Gasteiger charge is -2.18. The number of hydrogen-bond donors (Lipinski definition) is 2. The second-order valence-electron chi connectivity index (χ2n) is 5.99. The Bertz CT molecular complexity index is 815. The van der Waals surface area contributed by atoms with E-state index in [0.29, 0.717) is 23.5 Å². The fourth-order valence-electron chi connectivity index (χ4n) is 2.38. The van der Waals surface area contributed by atoms with E-state index in [0.717, 1.165) is 11.1 Å². The first-order valence-electron chi connectivity index (χ1n) is 8.46. The van der Waals surface area contributed by atoms with Crippen LogP contribution < -0.4 is 15.4 Å². The van der Waals surface area contributed by atoms with Crippen LogP contribution in [-0.2, 0) is 4.79 Å². The van der Waals surface area contributed by atoms with Gasteiger partial charge in [-0.25, -0.2) is 0 Å². The Morgan fingerprint density at radius 1 is 1.15 bits per heavy atom. The van der Waals surface area contributed by atoms with Crippen LogP contribution in [0.3, 0.4) is 0 Å². The third-order valence-corrected chi connectivity index (χ3v) is 4.06. The number of para-hydroxylation sites is 1.